The zero-order chi connectivity index (χ0) is 9.54. The minimum atomic E-state index is 0. The summed E-state index contributed by atoms with van der Waals surface area (Å²) < 4.78 is 0.587. The Hall–Kier alpha value is 0.320. The topological polar surface area (TPSA) is 3.24 Å². The summed E-state index contributed by atoms with van der Waals surface area (Å²) in [6.45, 7) is 0. The largest absolute Gasteiger partial charge is 1.00 e. The van der Waals surface area contributed by atoms with Gasteiger partial charge in [-0.15, -0.1) is 11.8 Å². The van der Waals surface area contributed by atoms with Crippen molar-refractivity contribution in [1.82, 2.24) is 0 Å². The van der Waals surface area contributed by atoms with Gasteiger partial charge in [0.15, 0.2) is 16.5 Å². The second-order valence-corrected chi connectivity index (χ2v) is 5.83. The fraction of sp³-hybridized carbons (Fsp3) is 0.364. The summed E-state index contributed by atoms with van der Waals surface area (Å²) in [6, 6.07) is 9.42. The van der Waals surface area contributed by atoms with E-state index in [0.717, 1.165) is 0 Å². The van der Waals surface area contributed by atoms with Crippen LogP contribution in [0.15, 0.2) is 24.3 Å². The van der Waals surface area contributed by atoms with Gasteiger partial charge in [-0.3, -0.25) is 0 Å². The van der Waals surface area contributed by atoms with Gasteiger partial charge in [0.25, 0.3) is 0 Å². The highest BCUT2D eigenvalue weighted by molar-refractivity contribution is 8.18. The highest BCUT2D eigenvalue weighted by Gasteiger charge is 2.47. The number of halogens is 1. The van der Waals surface area contributed by atoms with E-state index in [4.69, 9.17) is 0 Å². The zero-order valence-corrected chi connectivity index (χ0v) is 12.2. The summed E-state index contributed by atoms with van der Waals surface area (Å²) in [6.07, 6.45) is 3.38. The molecule has 0 aliphatic carbocycles. The second-order valence-electron chi connectivity index (χ2n) is 3.62. The van der Waals surface area contributed by atoms with Crippen LogP contribution in [0.4, 0.5) is 5.69 Å². The van der Waals surface area contributed by atoms with Crippen LogP contribution in [0.1, 0.15) is 5.56 Å². The Morgan fingerprint density at radius 1 is 1.47 bits per heavy atom. The summed E-state index contributed by atoms with van der Waals surface area (Å²) in [4.78, 5) is 2.55. The first-order chi connectivity index (χ1) is 6.90. The van der Waals surface area contributed by atoms with Crippen molar-refractivity contribution in [2.45, 2.75) is 17.2 Å². The van der Waals surface area contributed by atoms with E-state index in [2.05, 4.69) is 41.2 Å². The summed E-state index contributed by atoms with van der Waals surface area (Å²) in [5.74, 6) is 2.39. The van der Waals surface area contributed by atoms with E-state index in [1.807, 2.05) is 23.5 Å². The molecule has 1 saturated heterocycles. The number of rotatable bonds is 1. The van der Waals surface area contributed by atoms with E-state index >= 15 is 0 Å². The van der Waals surface area contributed by atoms with Crippen LogP contribution in [0.5, 0.6) is 0 Å². The molecule has 4 heteroatoms. The lowest BCUT2D eigenvalue weighted by Gasteiger charge is -2.19. The Morgan fingerprint density at radius 2 is 2.27 bits per heavy atom. The van der Waals surface area contributed by atoms with Crippen LogP contribution in [0.3, 0.4) is 0 Å². The Bertz CT molecular complexity index is 356. The fourth-order valence-electron chi connectivity index (χ4n) is 2.21. The minimum Gasteiger partial charge on any atom is -1.00 e. The molecular weight excluding hydrogens is 337 g/mol. The number of anilines is 1. The van der Waals surface area contributed by atoms with Gasteiger partial charge in [-0.1, -0.05) is 18.2 Å². The van der Waals surface area contributed by atoms with Crippen molar-refractivity contribution in [3.63, 3.8) is 0 Å². The summed E-state index contributed by atoms with van der Waals surface area (Å²) >= 11 is 3.89. The van der Waals surface area contributed by atoms with Gasteiger partial charge in [-0.05, 0) is 17.9 Å². The van der Waals surface area contributed by atoms with E-state index in [9.17, 15) is 0 Å². The summed E-state index contributed by atoms with van der Waals surface area (Å²) in [5, 5.41) is 0. The van der Waals surface area contributed by atoms with Crippen LogP contribution in [0, 0.1) is 5.75 Å². The third kappa shape index (κ3) is 1.85. The molecule has 15 heavy (non-hydrogen) atoms. The molecule has 1 unspecified atom stereocenters. The van der Waals surface area contributed by atoms with Crippen molar-refractivity contribution in [2.24, 2.45) is 0 Å². The van der Waals surface area contributed by atoms with Crippen LogP contribution in [-0.2, 0) is 6.42 Å². The normalized spacial score (nSPS) is 26.6. The van der Waals surface area contributed by atoms with Crippen LogP contribution < -0.4 is 28.9 Å². The number of thioether (sulfide) groups is 2. The molecule has 1 aromatic carbocycles. The van der Waals surface area contributed by atoms with Gasteiger partial charge in [0.05, 0.1) is 0 Å². The maximum atomic E-state index is 2.55. The van der Waals surface area contributed by atoms with Crippen molar-refractivity contribution in [3.05, 3.63) is 35.6 Å². The van der Waals surface area contributed by atoms with Gasteiger partial charge in [0, 0.05) is 12.1 Å². The number of fused-ring (bicyclic) bond motifs is 3. The highest BCUT2D eigenvalue weighted by atomic mass is 127. The zero-order valence-electron chi connectivity index (χ0n) is 8.39. The SMILES string of the molecule is CSC1S[CH+][C@@H]2Cc3ccccc3N12.[I-]. The fourth-order valence-corrected chi connectivity index (χ4v) is 4.29. The first-order valence-electron chi connectivity index (χ1n) is 4.78. The van der Waals surface area contributed by atoms with Crippen LogP contribution in [0.2, 0.25) is 0 Å². The Morgan fingerprint density at radius 3 is 3.07 bits per heavy atom. The van der Waals surface area contributed by atoms with Gasteiger partial charge < -0.3 is 28.9 Å². The van der Waals surface area contributed by atoms with Crippen molar-refractivity contribution in [1.29, 1.82) is 0 Å². The molecule has 2 atom stereocenters. The molecule has 1 fully saturated rings. The van der Waals surface area contributed by atoms with E-state index < -0.39 is 0 Å². The van der Waals surface area contributed by atoms with Crippen molar-refractivity contribution < 1.29 is 24.0 Å². The quantitative estimate of drug-likeness (QED) is 0.518. The molecule has 0 aromatic heterocycles. The third-order valence-corrected chi connectivity index (χ3v) is 5.31. The Kier molecular flexibility index (Phi) is 3.67. The minimum absolute atomic E-state index is 0. The van der Waals surface area contributed by atoms with Gasteiger partial charge >= 0.3 is 0 Å². The van der Waals surface area contributed by atoms with Crippen LogP contribution in [-0.4, -0.2) is 17.0 Å². The lowest BCUT2D eigenvalue weighted by molar-refractivity contribution is -0.00000265. The van der Waals surface area contributed by atoms with Gasteiger partial charge in [0.1, 0.15) is 11.8 Å². The maximum absolute atomic E-state index is 2.55. The molecule has 1 nitrogen and oxygen atoms in total. The van der Waals surface area contributed by atoms with Crippen molar-refractivity contribution >= 4 is 29.2 Å². The highest BCUT2D eigenvalue weighted by Crippen LogP contribution is 2.47. The number of para-hydroxylation sites is 1. The molecule has 2 aliphatic rings. The van der Waals surface area contributed by atoms with Gasteiger partial charge in [-0.25, -0.2) is 0 Å². The van der Waals surface area contributed by atoms with Crippen LogP contribution >= 0.6 is 23.5 Å². The summed E-state index contributed by atoms with van der Waals surface area (Å²) in [7, 11) is 0. The standard InChI is InChI=1S/C11H12NS2.HI/c1-13-11-12-9(7-14-11)6-8-4-2-3-5-10(8)12;/h2-5,7,9,11H,6H2,1H3;1H/q+1;/p-1/t9-,11?;/m0./s1. The molecule has 1 aromatic rings. The number of nitrogens with zero attached hydrogens (tertiary/aromatic N) is 1. The van der Waals surface area contributed by atoms with Gasteiger partial charge in [-0.2, -0.15) is 0 Å². The first-order valence-corrected chi connectivity index (χ1v) is 7.01. The predicted molar refractivity (Wildman–Crippen MR) is 65.6 cm³/mol. The molecule has 2 heterocycles. The van der Waals surface area contributed by atoms with E-state index in [1.165, 1.54) is 17.7 Å². The number of hydrogen-bond acceptors (Lipinski definition) is 3. The number of benzene rings is 1. The molecule has 2 aliphatic heterocycles. The van der Waals surface area contributed by atoms with Gasteiger partial charge in [0.2, 0.25) is 0 Å². The second kappa shape index (κ2) is 4.67. The monoisotopic (exact) mass is 349 g/mol. The predicted octanol–water partition coefficient (Wildman–Crippen LogP) is -0.0231. The van der Waals surface area contributed by atoms with E-state index in [-0.39, 0.29) is 24.0 Å². The first kappa shape index (κ1) is 11.8. The van der Waals surface area contributed by atoms with E-state index in [0.29, 0.717) is 10.7 Å². The lowest BCUT2D eigenvalue weighted by Crippen LogP contribution is -3.00. The molecule has 0 amide bonds. The lowest BCUT2D eigenvalue weighted by atomic mass is 10.1. The smallest absolute Gasteiger partial charge is 0.188 e. The molecule has 3 rings (SSSR count). The third-order valence-electron chi connectivity index (χ3n) is 2.84. The molecule has 80 valence electrons. The number of hydrogen-bond donors (Lipinski definition) is 0. The average Bonchev–Trinajstić information content (AvgIpc) is 2.75. The maximum Gasteiger partial charge on any atom is 0.188 e. The molecule has 0 N–H and O–H groups in total. The average molecular weight is 349 g/mol. The Balaban J connectivity index is 0.000000853. The van der Waals surface area contributed by atoms with Crippen molar-refractivity contribution in [3.8, 4) is 0 Å². The Labute approximate surface area is 116 Å². The molecule has 0 saturated carbocycles. The molecular formula is C11H12INS2. The summed E-state index contributed by atoms with van der Waals surface area (Å²) in [5.41, 5.74) is 2.95. The molecule has 0 radical (unpaired) electrons. The molecule has 0 bridgehead atoms. The van der Waals surface area contributed by atoms with Crippen LogP contribution in [0.25, 0.3) is 0 Å². The van der Waals surface area contributed by atoms with Crippen molar-refractivity contribution in [2.75, 3.05) is 11.2 Å². The van der Waals surface area contributed by atoms with E-state index in [1.54, 1.807) is 0 Å². The molecule has 0 spiro atoms.